The molecular formula is C49H30O2S2. The lowest BCUT2D eigenvalue weighted by atomic mass is 9.65. The van der Waals surface area contributed by atoms with Gasteiger partial charge in [0.2, 0.25) is 0 Å². The molecule has 2 heterocycles. The second kappa shape index (κ2) is 11.4. The minimum Gasteiger partial charge on any atom is -0.507 e. The molecule has 1 aliphatic rings. The highest BCUT2D eigenvalue weighted by molar-refractivity contribution is 7.18. The molecule has 2 nitrogen and oxygen atoms in total. The summed E-state index contributed by atoms with van der Waals surface area (Å²) in [4.78, 5) is 0. The molecule has 0 radical (unpaired) electrons. The standard InChI is InChI=1S/C49H30O2S2/c50-43-25-23-39(29-11-1-3-13-31(29)43)49(40-24-26-44(51)32-14-4-2-12-30(32)40)41-19-9-17-35(37-27-52-45-21-7-5-15-33(37)45)47(41)48-36(18-10-20-42(48)49)38-28-53-46-22-8-6-16-34(38)46/h1-28,50-51H. The summed E-state index contributed by atoms with van der Waals surface area (Å²) < 4.78 is 2.52. The SMILES string of the molecule is Oc1ccc(C2(c3ccc(O)c4ccccc34)c3cccc(-c4csc5ccccc45)c3-c3c(-c4csc5ccccc45)cccc32)c2ccccc12. The number of fused-ring (bicyclic) bond motifs is 7. The van der Waals surface area contributed by atoms with Crippen LogP contribution < -0.4 is 0 Å². The van der Waals surface area contributed by atoms with E-state index in [9.17, 15) is 10.2 Å². The van der Waals surface area contributed by atoms with Gasteiger partial charge in [-0.1, -0.05) is 133 Å². The topological polar surface area (TPSA) is 40.5 Å². The molecule has 8 aromatic carbocycles. The van der Waals surface area contributed by atoms with Gasteiger partial charge in [-0.2, -0.15) is 0 Å². The van der Waals surface area contributed by atoms with Gasteiger partial charge in [0.25, 0.3) is 0 Å². The Morgan fingerprint density at radius 3 is 1.17 bits per heavy atom. The van der Waals surface area contributed by atoms with Crippen LogP contribution in [0.4, 0.5) is 0 Å². The average Bonchev–Trinajstić information content (AvgIpc) is 3.92. The highest BCUT2D eigenvalue weighted by Gasteiger charge is 2.49. The number of phenolic OH excluding ortho intramolecular Hbond substituents is 2. The van der Waals surface area contributed by atoms with Crippen molar-refractivity contribution in [3.05, 3.63) is 191 Å². The molecule has 4 heteroatoms. The van der Waals surface area contributed by atoms with E-state index in [-0.39, 0.29) is 11.5 Å². The van der Waals surface area contributed by atoms with E-state index in [0.717, 1.165) is 32.7 Å². The highest BCUT2D eigenvalue weighted by Crippen LogP contribution is 2.63. The van der Waals surface area contributed by atoms with Gasteiger partial charge < -0.3 is 10.2 Å². The molecule has 0 saturated carbocycles. The van der Waals surface area contributed by atoms with Crippen molar-refractivity contribution in [2.45, 2.75) is 5.41 Å². The molecule has 2 N–H and O–H groups in total. The lowest BCUT2D eigenvalue weighted by molar-refractivity contribution is 0.481. The van der Waals surface area contributed by atoms with Crippen LogP contribution in [0, 0.1) is 0 Å². The number of phenols is 2. The van der Waals surface area contributed by atoms with Crippen LogP contribution >= 0.6 is 22.7 Å². The van der Waals surface area contributed by atoms with E-state index in [1.807, 2.05) is 36.4 Å². The molecule has 0 spiro atoms. The van der Waals surface area contributed by atoms with E-state index in [0.29, 0.717) is 0 Å². The van der Waals surface area contributed by atoms with Crippen molar-refractivity contribution in [3.63, 3.8) is 0 Å². The Balaban J connectivity index is 1.39. The fourth-order valence-corrected chi connectivity index (χ4v) is 11.1. The minimum atomic E-state index is -0.824. The van der Waals surface area contributed by atoms with Crippen molar-refractivity contribution < 1.29 is 10.2 Å². The van der Waals surface area contributed by atoms with Crippen molar-refractivity contribution >= 4 is 64.4 Å². The summed E-state index contributed by atoms with van der Waals surface area (Å²) in [5.41, 5.74) is 11.0. The molecule has 0 atom stereocenters. The Hall–Kier alpha value is -6.20. The molecule has 0 fully saturated rings. The van der Waals surface area contributed by atoms with Crippen molar-refractivity contribution in [2.24, 2.45) is 0 Å². The van der Waals surface area contributed by atoms with Crippen LogP contribution in [0.3, 0.4) is 0 Å². The van der Waals surface area contributed by atoms with Crippen LogP contribution in [0.1, 0.15) is 22.3 Å². The van der Waals surface area contributed by atoms with Crippen molar-refractivity contribution in [1.82, 2.24) is 0 Å². The Kier molecular flexibility index (Phi) is 6.54. The van der Waals surface area contributed by atoms with Crippen LogP contribution in [-0.2, 0) is 5.41 Å². The second-order valence-electron chi connectivity index (χ2n) is 13.9. The molecule has 0 saturated heterocycles. The highest BCUT2D eigenvalue weighted by atomic mass is 32.1. The normalized spacial score (nSPS) is 13.2. The van der Waals surface area contributed by atoms with Crippen molar-refractivity contribution in [2.75, 3.05) is 0 Å². The maximum absolute atomic E-state index is 11.3. The van der Waals surface area contributed by atoms with Gasteiger partial charge >= 0.3 is 0 Å². The zero-order valence-corrected chi connectivity index (χ0v) is 30.0. The summed E-state index contributed by atoms with van der Waals surface area (Å²) in [7, 11) is 0. The first-order valence-corrected chi connectivity index (χ1v) is 19.5. The van der Waals surface area contributed by atoms with Crippen LogP contribution in [0.2, 0.25) is 0 Å². The van der Waals surface area contributed by atoms with E-state index >= 15 is 0 Å². The fourth-order valence-electron chi connectivity index (χ4n) is 9.18. The molecule has 0 unspecified atom stereocenters. The van der Waals surface area contributed by atoms with E-state index in [4.69, 9.17) is 0 Å². The van der Waals surface area contributed by atoms with E-state index in [2.05, 4.69) is 132 Å². The maximum Gasteiger partial charge on any atom is 0.123 e. The Morgan fingerprint density at radius 2 is 0.717 bits per heavy atom. The minimum absolute atomic E-state index is 0.255. The molecule has 53 heavy (non-hydrogen) atoms. The number of aromatic hydroxyl groups is 2. The van der Waals surface area contributed by atoms with Crippen molar-refractivity contribution in [3.8, 4) is 44.9 Å². The molecule has 250 valence electrons. The zero-order valence-electron chi connectivity index (χ0n) is 28.4. The van der Waals surface area contributed by atoms with Crippen LogP contribution in [-0.4, -0.2) is 10.2 Å². The molecule has 11 rings (SSSR count). The zero-order chi connectivity index (χ0) is 35.3. The summed E-state index contributed by atoms with van der Waals surface area (Å²) in [6.07, 6.45) is 0. The Bertz CT molecular complexity index is 2900. The third-order valence-corrected chi connectivity index (χ3v) is 13.3. The third-order valence-electron chi connectivity index (χ3n) is 11.3. The molecule has 0 aliphatic heterocycles. The molecule has 2 aromatic heterocycles. The molecule has 0 bridgehead atoms. The van der Waals surface area contributed by atoms with Crippen LogP contribution in [0.25, 0.3) is 75.1 Å². The molecule has 10 aromatic rings. The summed E-state index contributed by atoms with van der Waals surface area (Å²) in [5.74, 6) is 0.510. The number of thiophene rings is 2. The monoisotopic (exact) mass is 714 g/mol. The quantitative estimate of drug-likeness (QED) is 0.191. The number of benzene rings is 8. The maximum atomic E-state index is 11.3. The smallest absolute Gasteiger partial charge is 0.123 e. The first-order valence-electron chi connectivity index (χ1n) is 17.8. The van der Waals surface area contributed by atoms with Gasteiger partial charge in [0, 0.05) is 42.1 Å². The van der Waals surface area contributed by atoms with E-state index < -0.39 is 5.41 Å². The Labute approximate surface area is 314 Å². The fraction of sp³-hybridized carbons (Fsp3) is 0.0204. The predicted molar refractivity (Wildman–Crippen MR) is 224 cm³/mol. The average molecular weight is 715 g/mol. The number of hydrogen-bond donors (Lipinski definition) is 2. The van der Waals surface area contributed by atoms with Gasteiger partial charge in [0.1, 0.15) is 11.5 Å². The summed E-state index contributed by atoms with van der Waals surface area (Å²) in [6.45, 7) is 0. The molecule has 1 aliphatic carbocycles. The van der Waals surface area contributed by atoms with Gasteiger partial charge in [-0.25, -0.2) is 0 Å². The first-order chi connectivity index (χ1) is 26.1. The van der Waals surface area contributed by atoms with Gasteiger partial charge in [-0.15, -0.1) is 22.7 Å². The van der Waals surface area contributed by atoms with Gasteiger partial charge in [0.15, 0.2) is 0 Å². The van der Waals surface area contributed by atoms with Crippen LogP contribution in [0.5, 0.6) is 11.5 Å². The number of hydrogen-bond acceptors (Lipinski definition) is 4. The summed E-state index contributed by atoms with van der Waals surface area (Å²) >= 11 is 3.57. The van der Waals surface area contributed by atoms with Gasteiger partial charge in [-0.05, 0) is 90.3 Å². The van der Waals surface area contributed by atoms with Crippen LogP contribution in [0.15, 0.2) is 168 Å². The second-order valence-corrected chi connectivity index (χ2v) is 15.7. The van der Waals surface area contributed by atoms with Crippen molar-refractivity contribution in [1.29, 1.82) is 0 Å². The predicted octanol–water partition coefficient (Wildman–Crippen LogP) is 13.5. The third kappa shape index (κ3) is 4.13. The van der Waals surface area contributed by atoms with Gasteiger partial charge in [0.05, 0.1) is 5.41 Å². The van der Waals surface area contributed by atoms with E-state index in [1.165, 1.54) is 64.7 Å². The summed E-state index contributed by atoms with van der Waals surface area (Å²) in [5, 5.41) is 33.3. The van der Waals surface area contributed by atoms with Gasteiger partial charge in [-0.3, -0.25) is 0 Å². The largest absolute Gasteiger partial charge is 0.507 e. The summed E-state index contributed by atoms with van der Waals surface area (Å²) in [6, 6.07) is 55.4. The first kappa shape index (κ1) is 30.4. The lowest BCUT2D eigenvalue weighted by Crippen LogP contribution is -2.29. The Morgan fingerprint density at radius 1 is 0.321 bits per heavy atom. The number of rotatable bonds is 4. The molecule has 0 amide bonds. The molecular weight excluding hydrogens is 685 g/mol. The van der Waals surface area contributed by atoms with E-state index in [1.54, 1.807) is 22.7 Å². The lowest BCUT2D eigenvalue weighted by Gasteiger charge is -2.36.